The van der Waals surface area contributed by atoms with Crippen LogP contribution in [0.25, 0.3) is 0 Å². The second kappa shape index (κ2) is 5.34. The lowest BCUT2D eigenvalue weighted by atomic mass is 9.92. The van der Waals surface area contributed by atoms with E-state index in [0.29, 0.717) is 17.8 Å². The third-order valence-corrected chi connectivity index (χ3v) is 5.21. The van der Waals surface area contributed by atoms with Gasteiger partial charge in [0, 0.05) is 13.0 Å². The van der Waals surface area contributed by atoms with Gasteiger partial charge in [-0.3, -0.25) is 0 Å². The van der Waals surface area contributed by atoms with Crippen LogP contribution in [0.4, 0.5) is 4.79 Å². The first-order valence-electron chi connectivity index (χ1n) is 7.82. The lowest BCUT2D eigenvalue weighted by Crippen LogP contribution is -2.43. The number of nitrogens with one attached hydrogen (secondary N) is 2. The summed E-state index contributed by atoms with van der Waals surface area (Å²) in [5, 5.41) is 16.1. The summed E-state index contributed by atoms with van der Waals surface area (Å²) in [5.74, 6) is 0.593. The summed E-state index contributed by atoms with van der Waals surface area (Å²) in [7, 11) is 0. The molecule has 3 N–H and O–H groups in total. The van der Waals surface area contributed by atoms with E-state index in [1.807, 2.05) is 24.3 Å². The lowest BCUT2D eigenvalue weighted by molar-refractivity contribution is 0.142. The van der Waals surface area contributed by atoms with E-state index in [4.69, 9.17) is 0 Å². The molecule has 3 rings (SSSR count). The summed E-state index contributed by atoms with van der Waals surface area (Å²) >= 11 is 0. The van der Waals surface area contributed by atoms with Crippen LogP contribution < -0.4 is 10.6 Å². The second-order valence-electron chi connectivity index (χ2n) is 6.79. The van der Waals surface area contributed by atoms with Crippen molar-refractivity contribution in [1.82, 2.24) is 10.6 Å². The van der Waals surface area contributed by atoms with Gasteiger partial charge in [0.05, 0.1) is 12.1 Å². The molecular formula is C17H24N2O2. The van der Waals surface area contributed by atoms with Crippen molar-refractivity contribution in [2.75, 3.05) is 6.54 Å². The zero-order valence-electron chi connectivity index (χ0n) is 12.7. The molecule has 21 heavy (non-hydrogen) atoms. The van der Waals surface area contributed by atoms with Gasteiger partial charge in [0.25, 0.3) is 0 Å². The summed E-state index contributed by atoms with van der Waals surface area (Å²) in [5.41, 5.74) is 2.45. The van der Waals surface area contributed by atoms with Crippen molar-refractivity contribution in [1.29, 1.82) is 0 Å². The van der Waals surface area contributed by atoms with E-state index >= 15 is 0 Å². The van der Waals surface area contributed by atoms with Crippen molar-refractivity contribution in [2.45, 2.75) is 45.3 Å². The molecule has 1 aromatic rings. The SMILES string of the molecule is CC(C)C1(CNC(=O)NC2c3ccccc3CC2O)CC1. The number of amides is 2. The highest BCUT2D eigenvalue weighted by Crippen LogP contribution is 2.51. The highest BCUT2D eigenvalue weighted by molar-refractivity contribution is 5.75. The molecule has 2 amide bonds. The molecule has 1 aromatic carbocycles. The molecule has 1 fully saturated rings. The number of carbonyl (C=O) groups is 1. The molecule has 0 saturated heterocycles. The van der Waals surface area contributed by atoms with Crippen LogP contribution in [0.2, 0.25) is 0 Å². The van der Waals surface area contributed by atoms with Crippen LogP contribution in [-0.4, -0.2) is 23.8 Å². The van der Waals surface area contributed by atoms with E-state index in [0.717, 1.165) is 17.7 Å². The Morgan fingerprint density at radius 3 is 2.76 bits per heavy atom. The maximum absolute atomic E-state index is 12.1. The molecule has 2 atom stereocenters. The first-order chi connectivity index (χ1) is 10.0. The fraction of sp³-hybridized carbons (Fsp3) is 0.588. The van der Waals surface area contributed by atoms with E-state index in [2.05, 4.69) is 24.5 Å². The number of hydrogen-bond acceptors (Lipinski definition) is 2. The molecule has 114 valence electrons. The monoisotopic (exact) mass is 288 g/mol. The Hall–Kier alpha value is -1.55. The average Bonchev–Trinajstić information content (AvgIpc) is 3.19. The maximum atomic E-state index is 12.1. The van der Waals surface area contributed by atoms with Gasteiger partial charge >= 0.3 is 6.03 Å². The molecule has 2 unspecified atom stereocenters. The fourth-order valence-electron chi connectivity index (χ4n) is 3.32. The van der Waals surface area contributed by atoms with E-state index in [1.165, 1.54) is 12.8 Å². The number of urea groups is 1. The number of carbonyl (C=O) groups excluding carboxylic acids is 1. The first kappa shape index (κ1) is 14.4. The Kier molecular flexibility index (Phi) is 3.66. The molecule has 2 aliphatic rings. The molecule has 0 bridgehead atoms. The summed E-state index contributed by atoms with van der Waals surface area (Å²) < 4.78 is 0. The van der Waals surface area contributed by atoms with Gasteiger partial charge in [-0.05, 0) is 35.3 Å². The molecule has 1 saturated carbocycles. The minimum absolute atomic E-state index is 0.178. The standard InChI is InChI=1S/C17H24N2O2/c1-11(2)17(7-8-17)10-18-16(21)19-15-13-6-4-3-5-12(13)9-14(15)20/h3-6,11,14-15,20H,7-10H2,1-2H3,(H2,18,19,21). The van der Waals surface area contributed by atoms with E-state index in [9.17, 15) is 9.90 Å². The summed E-state index contributed by atoms with van der Waals surface area (Å²) in [6.07, 6.45) is 2.46. The lowest BCUT2D eigenvalue weighted by Gasteiger charge is -2.22. The highest BCUT2D eigenvalue weighted by atomic mass is 16.3. The van der Waals surface area contributed by atoms with E-state index < -0.39 is 6.10 Å². The Morgan fingerprint density at radius 2 is 2.10 bits per heavy atom. The van der Waals surface area contributed by atoms with Crippen molar-refractivity contribution < 1.29 is 9.90 Å². The summed E-state index contributed by atoms with van der Waals surface area (Å²) in [4.78, 5) is 12.1. The van der Waals surface area contributed by atoms with Crippen LogP contribution in [0.15, 0.2) is 24.3 Å². The normalized spacial score (nSPS) is 25.5. The van der Waals surface area contributed by atoms with Gasteiger partial charge < -0.3 is 15.7 Å². The molecule has 0 aliphatic heterocycles. The van der Waals surface area contributed by atoms with E-state index in [-0.39, 0.29) is 12.1 Å². The number of fused-ring (bicyclic) bond motifs is 1. The topological polar surface area (TPSA) is 61.4 Å². The molecular weight excluding hydrogens is 264 g/mol. The Labute approximate surface area is 125 Å². The Morgan fingerprint density at radius 1 is 1.38 bits per heavy atom. The quantitative estimate of drug-likeness (QED) is 0.796. The number of benzene rings is 1. The largest absolute Gasteiger partial charge is 0.390 e. The number of aliphatic hydroxyl groups excluding tert-OH is 1. The fourth-order valence-corrected chi connectivity index (χ4v) is 3.32. The van der Waals surface area contributed by atoms with Gasteiger partial charge in [-0.2, -0.15) is 0 Å². The van der Waals surface area contributed by atoms with Crippen LogP contribution in [0.5, 0.6) is 0 Å². The van der Waals surface area contributed by atoms with Crippen LogP contribution >= 0.6 is 0 Å². The van der Waals surface area contributed by atoms with Crippen LogP contribution in [0.3, 0.4) is 0 Å². The van der Waals surface area contributed by atoms with Crippen molar-refractivity contribution in [2.24, 2.45) is 11.3 Å². The van der Waals surface area contributed by atoms with E-state index in [1.54, 1.807) is 0 Å². The minimum atomic E-state index is -0.534. The molecule has 4 heteroatoms. The number of aliphatic hydroxyl groups is 1. The van der Waals surface area contributed by atoms with Crippen molar-refractivity contribution in [3.8, 4) is 0 Å². The Bertz CT molecular complexity index is 537. The second-order valence-corrected chi connectivity index (χ2v) is 6.79. The van der Waals surface area contributed by atoms with Crippen LogP contribution in [-0.2, 0) is 6.42 Å². The first-order valence-corrected chi connectivity index (χ1v) is 7.82. The van der Waals surface area contributed by atoms with Gasteiger partial charge in [0.15, 0.2) is 0 Å². The smallest absolute Gasteiger partial charge is 0.315 e. The van der Waals surface area contributed by atoms with Gasteiger partial charge in [-0.25, -0.2) is 4.79 Å². The number of rotatable bonds is 4. The zero-order chi connectivity index (χ0) is 15.0. The molecule has 4 nitrogen and oxygen atoms in total. The zero-order valence-corrected chi connectivity index (χ0v) is 12.7. The van der Waals surface area contributed by atoms with Gasteiger partial charge in [-0.1, -0.05) is 38.1 Å². The molecule has 2 aliphatic carbocycles. The van der Waals surface area contributed by atoms with Crippen molar-refractivity contribution >= 4 is 6.03 Å². The minimum Gasteiger partial charge on any atom is -0.390 e. The Balaban J connectivity index is 1.58. The van der Waals surface area contributed by atoms with Crippen molar-refractivity contribution in [3.05, 3.63) is 35.4 Å². The summed E-state index contributed by atoms with van der Waals surface area (Å²) in [6.45, 7) is 5.15. The number of hydrogen-bond donors (Lipinski definition) is 3. The molecule has 0 heterocycles. The highest BCUT2D eigenvalue weighted by Gasteiger charge is 2.45. The van der Waals surface area contributed by atoms with Crippen molar-refractivity contribution in [3.63, 3.8) is 0 Å². The average molecular weight is 288 g/mol. The van der Waals surface area contributed by atoms with Gasteiger partial charge in [0.2, 0.25) is 0 Å². The third-order valence-electron chi connectivity index (χ3n) is 5.21. The van der Waals surface area contributed by atoms with Gasteiger partial charge in [0.1, 0.15) is 0 Å². The molecule has 0 aromatic heterocycles. The predicted octanol–water partition coefficient (Wildman–Crippen LogP) is 2.38. The van der Waals surface area contributed by atoms with Crippen LogP contribution in [0.1, 0.15) is 43.9 Å². The maximum Gasteiger partial charge on any atom is 0.315 e. The molecule has 0 radical (unpaired) electrons. The summed E-state index contributed by atoms with van der Waals surface area (Å²) in [6, 6.07) is 7.43. The van der Waals surface area contributed by atoms with Crippen LogP contribution in [0, 0.1) is 11.3 Å². The molecule has 0 spiro atoms. The third kappa shape index (κ3) is 2.77. The van der Waals surface area contributed by atoms with Gasteiger partial charge in [-0.15, -0.1) is 0 Å². The predicted molar refractivity (Wildman–Crippen MR) is 81.9 cm³/mol.